The van der Waals surface area contributed by atoms with Crippen LogP contribution in [0.15, 0.2) is 36.5 Å². The molecule has 29 heavy (non-hydrogen) atoms. The zero-order valence-electron chi connectivity index (χ0n) is 15.7. The molecule has 7 nitrogen and oxygen atoms in total. The molecule has 3 aromatic rings. The SMILES string of the molecule is C[C@H](Nc1ncccc1C(N)=O)c1ccc(F)c(Nc2cc(C3CC3)[nH]n2)c1F. The molecule has 5 N–H and O–H groups in total. The predicted octanol–water partition coefficient (Wildman–Crippen LogP) is 3.98. The maximum Gasteiger partial charge on any atom is 0.252 e. The van der Waals surface area contributed by atoms with Crippen molar-refractivity contribution in [2.75, 3.05) is 10.6 Å². The minimum absolute atomic E-state index is 0.185. The Kier molecular flexibility index (Phi) is 4.87. The molecule has 1 fully saturated rings. The summed E-state index contributed by atoms with van der Waals surface area (Å²) < 4.78 is 29.4. The number of rotatable bonds is 7. The van der Waals surface area contributed by atoms with Crippen molar-refractivity contribution in [2.24, 2.45) is 5.73 Å². The Labute approximate surface area is 165 Å². The van der Waals surface area contributed by atoms with Crippen LogP contribution in [0.1, 0.15) is 53.3 Å². The fraction of sp³-hybridized carbons (Fsp3) is 0.250. The van der Waals surface area contributed by atoms with Gasteiger partial charge in [-0.15, -0.1) is 0 Å². The van der Waals surface area contributed by atoms with Gasteiger partial charge in [-0.1, -0.05) is 6.07 Å². The number of nitrogens with two attached hydrogens (primary N) is 1. The summed E-state index contributed by atoms with van der Waals surface area (Å²) in [4.78, 5) is 15.7. The molecule has 0 unspecified atom stereocenters. The average Bonchev–Trinajstić information content (AvgIpc) is 3.44. The molecule has 1 saturated carbocycles. The number of nitrogens with one attached hydrogen (secondary N) is 3. The maximum atomic E-state index is 15.1. The molecule has 1 atom stereocenters. The van der Waals surface area contributed by atoms with Crippen molar-refractivity contribution in [1.29, 1.82) is 0 Å². The Morgan fingerprint density at radius 1 is 1.31 bits per heavy atom. The highest BCUT2D eigenvalue weighted by Gasteiger charge is 2.26. The molecule has 1 amide bonds. The van der Waals surface area contributed by atoms with Crippen LogP contribution in [0.2, 0.25) is 0 Å². The first-order valence-electron chi connectivity index (χ1n) is 9.25. The van der Waals surface area contributed by atoms with Gasteiger partial charge in [0.25, 0.3) is 5.91 Å². The molecule has 0 aliphatic heterocycles. The van der Waals surface area contributed by atoms with Gasteiger partial charge in [0.1, 0.15) is 17.3 Å². The molecule has 9 heteroatoms. The summed E-state index contributed by atoms with van der Waals surface area (Å²) in [5, 5.41) is 12.7. The Balaban J connectivity index is 1.59. The van der Waals surface area contributed by atoms with Gasteiger partial charge in [0, 0.05) is 29.4 Å². The summed E-state index contributed by atoms with van der Waals surface area (Å²) in [5.41, 5.74) is 6.40. The highest BCUT2D eigenvalue weighted by molar-refractivity contribution is 5.97. The van der Waals surface area contributed by atoms with Crippen molar-refractivity contribution >= 4 is 23.2 Å². The first kappa shape index (κ1) is 18.9. The summed E-state index contributed by atoms with van der Waals surface area (Å²) >= 11 is 0. The summed E-state index contributed by atoms with van der Waals surface area (Å²) in [5.74, 6) is -1.11. The number of aromatic nitrogens is 3. The number of nitrogens with zero attached hydrogens (tertiary/aromatic N) is 2. The van der Waals surface area contributed by atoms with Crippen LogP contribution >= 0.6 is 0 Å². The third-order valence-corrected chi connectivity index (χ3v) is 4.88. The molecule has 1 aliphatic carbocycles. The number of primary amides is 1. The number of hydrogen-bond acceptors (Lipinski definition) is 5. The summed E-state index contributed by atoms with van der Waals surface area (Å²) in [7, 11) is 0. The molecule has 150 valence electrons. The van der Waals surface area contributed by atoms with Crippen molar-refractivity contribution in [3.05, 3.63) is 65.0 Å². The molecule has 2 heterocycles. The zero-order valence-corrected chi connectivity index (χ0v) is 15.7. The van der Waals surface area contributed by atoms with Crippen molar-refractivity contribution in [3.63, 3.8) is 0 Å². The van der Waals surface area contributed by atoms with E-state index in [0.29, 0.717) is 11.7 Å². The van der Waals surface area contributed by atoms with E-state index in [2.05, 4.69) is 25.8 Å². The molecule has 0 bridgehead atoms. The standard InChI is InChI=1S/C20H20F2N6O/c1-10(25-20-13(19(23)29)3-2-8-24-20)12-6-7-14(21)18(17(12)22)26-16-9-15(27-28-16)11-4-5-11/h2-3,6-11H,4-5H2,1H3,(H2,23,29)(H,24,25)(H2,26,27,28)/t10-/m0/s1. The molecule has 1 aromatic carbocycles. The molecular weight excluding hydrogens is 378 g/mol. The maximum absolute atomic E-state index is 15.1. The van der Waals surface area contributed by atoms with Crippen LogP contribution in [0.3, 0.4) is 0 Å². The van der Waals surface area contributed by atoms with Gasteiger partial charge in [-0.2, -0.15) is 5.10 Å². The van der Waals surface area contributed by atoms with Crippen molar-refractivity contribution in [2.45, 2.75) is 31.7 Å². The van der Waals surface area contributed by atoms with Crippen LogP contribution in [0.5, 0.6) is 0 Å². The fourth-order valence-electron chi connectivity index (χ4n) is 3.15. The van der Waals surface area contributed by atoms with Crippen LogP contribution in [-0.4, -0.2) is 21.1 Å². The van der Waals surface area contributed by atoms with E-state index in [0.717, 1.165) is 18.5 Å². The Morgan fingerprint density at radius 3 is 2.83 bits per heavy atom. The number of hydrogen-bond donors (Lipinski definition) is 4. The number of pyridine rings is 1. The molecule has 1 aliphatic rings. The molecule has 4 rings (SSSR count). The second-order valence-electron chi connectivity index (χ2n) is 7.06. The van der Waals surface area contributed by atoms with Crippen LogP contribution in [0.4, 0.5) is 26.1 Å². The monoisotopic (exact) mass is 398 g/mol. The van der Waals surface area contributed by atoms with E-state index < -0.39 is 23.6 Å². The minimum Gasteiger partial charge on any atom is -0.365 e. The van der Waals surface area contributed by atoms with Gasteiger partial charge in [-0.25, -0.2) is 13.8 Å². The van der Waals surface area contributed by atoms with E-state index in [1.54, 1.807) is 19.1 Å². The number of halogens is 2. The molecule has 0 spiro atoms. The van der Waals surface area contributed by atoms with E-state index in [9.17, 15) is 9.18 Å². The number of amides is 1. The smallest absolute Gasteiger partial charge is 0.252 e. The van der Waals surface area contributed by atoms with Gasteiger partial charge < -0.3 is 16.4 Å². The number of carbonyl (C=O) groups is 1. The van der Waals surface area contributed by atoms with Gasteiger partial charge >= 0.3 is 0 Å². The number of H-pyrrole nitrogens is 1. The fourth-order valence-corrected chi connectivity index (χ4v) is 3.15. The van der Waals surface area contributed by atoms with Gasteiger partial charge in [0.15, 0.2) is 11.6 Å². The van der Waals surface area contributed by atoms with E-state index in [4.69, 9.17) is 5.73 Å². The van der Waals surface area contributed by atoms with Crippen molar-refractivity contribution in [1.82, 2.24) is 15.2 Å². The lowest BCUT2D eigenvalue weighted by Crippen LogP contribution is -2.18. The highest BCUT2D eigenvalue weighted by atomic mass is 19.1. The average molecular weight is 398 g/mol. The lowest BCUT2D eigenvalue weighted by molar-refractivity contribution is 0.100. The molecule has 0 saturated heterocycles. The zero-order chi connectivity index (χ0) is 20.5. The van der Waals surface area contributed by atoms with Gasteiger partial charge in [0.05, 0.1) is 11.6 Å². The third kappa shape index (κ3) is 3.89. The van der Waals surface area contributed by atoms with Crippen molar-refractivity contribution in [3.8, 4) is 0 Å². The quantitative estimate of drug-likeness (QED) is 0.481. The third-order valence-electron chi connectivity index (χ3n) is 4.88. The number of anilines is 3. The Morgan fingerprint density at radius 2 is 2.10 bits per heavy atom. The Hall–Kier alpha value is -3.49. The van der Waals surface area contributed by atoms with E-state index in [1.165, 1.54) is 24.4 Å². The van der Waals surface area contributed by atoms with E-state index in [1.807, 2.05) is 0 Å². The Bertz CT molecular complexity index is 1060. The lowest BCUT2D eigenvalue weighted by Gasteiger charge is -2.19. The number of aromatic amines is 1. The summed E-state index contributed by atoms with van der Waals surface area (Å²) in [6.07, 6.45) is 3.66. The minimum atomic E-state index is -0.752. The van der Waals surface area contributed by atoms with Crippen LogP contribution in [0.25, 0.3) is 0 Å². The molecule has 2 aromatic heterocycles. The topological polar surface area (TPSA) is 109 Å². The summed E-state index contributed by atoms with van der Waals surface area (Å²) in [6.45, 7) is 1.68. The van der Waals surface area contributed by atoms with Crippen molar-refractivity contribution < 1.29 is 13.6 Å². The highest BCUT2D eigenvalue weighted by Crippen LogP contribution is 2.40. The first-order valence-corrected chi connectivity index (χ1v) is 9.25. The van der Waals surface area contributed by atoms with E-state index >= 15 is 4.39 Å². The second kappa shape index (κ2) is 7.50. The normalized spacial score (nSPS) is 14.4. The number of benzene rings is 1. The van der Waals surface area contributed by atoms with Crippen LogP contribution < -0.4 is 16.4 Å². The largest absolute Gasteiger partial charge is 0.365 e. The second-order valence-corrected chi connectivity index (χ2v) is 7.06. The summed E-state index contributed by atoms with van der Waals surface area (Å²) in [6, 6.07) is 6.79. The lowest BCUT2D eigenvalue weighted by atomic mass is 10.1. The van der Waals surface area contributed by atoms with Crippen LogP contribution in [-0.2, 0) is 0 Å². The van der Waals surface area contributed by atoms with E-state index in [-0.39, 0.29) is 22.6 Å². The first-order chi connectivity index (χ1) is 13.9. The number of carbonyl (C=O) groups excluding carboxylic acids is 1. The van der Waals surface area contributed by atoms with Gasteiger partial charge in [0.2, 0.25) is 0 Å². The van der Waals surface area contributed by atoms with Crippen LogP contribution in [0, 0.1) is 11.6 Å². The van der Waals surface area contributed by atoms with Gasteiger partial charge in [-0.05, 0) is 38.0 Å². The van der Waals surface area contributed by atoms with Gasteiger partial charge in [-0.3, -0.25) is 9.89 Å². The molecular formula is C20H20F2N6O. The molecule has 0 radical (unpaired) electrons. The predicted molar refractivity (Wildman–Crippen MR) is 105 cm³/mol.